The van der Waals surface area contributed by atoms with Crippen molar-refractivity contribution in [3.8, 4) is 22.6 Å². The number of aryl methyl sites for hydroxylation is 2. The van der Waals surface area contributed by atoms with Crippen molar-refractivity contribution in [2.24, 2.45) is 0 Å². The molecule has 0 atom stereocenters. The standard InChI is InChI=1S/C27H29FO4/c1-17(2)32-27(30)16-31-26-11-8-18(3)25(19(26)4)10-9-20-12-22(15-24(29)13-20)21-6-5-7-23(28)14-21/h5-8,11-15,17,29H,9-10,16H2,1-4H3. The summed E-state index contributed by atoms with van der Waals surface area (Å²) < 4.78 is 24.5. The predicted molar refractivity (Wildman–Crippen MR) is 124 cm³/mol. The van der Waals surface area contributed by atoms with Gasteiger partial charge in [-0.25, -0.2) is 9.18 Å². The van der Waals surface area contributed by atoms with Crippen molar-refractivity contribution in [2.75, 3.05) is 6.61 Å². The molecule has 1 N–H and O–H groups in total. The van der Waals surface area contributed by atoms with Gasteiger partial charge in [-0.05, 0) is 104 Å². The lowest BCUT2D eigenvalue weighted by Gasteiger charge is -2.16. The van der Waals surface area contributed by atoms with Gasteiger partial charge in [-0.2, -0.15) is 0 Å². The highest BCUT2D eigenvalue weighted by molar-refractivity contribution is 5.71. The van der Waals surface area contributed by atoms with Crippen molar-refractivity contribution in [3.63, 3.8) is 0 Å². The molecule has 0 bridgehead atoms. The molecule has 0 heterocycles. The smallest absolute Gasteiger partial charge is 0.344 e. The summed E-state index contributed by atoms with van der Waals surface area (Å²) in [6.45, 7) is 7.49. The summed E-state index contributed by atoms with van der Waals surface area (Å²) in [6, 6.07) is 15.5. The molecule has 0 aliphatic rings. The van der Waals surface area contributed by atoms with Crippen molar-refractivity contribution in [3.05, 3.63) is 82.7 Å². The van der Waals surface area contributed by atoms with Gasteiger partial charge in [0, 0.05) is 0 Å². The van der Waals surface area contributed by atoms with Gasteiger partial charge in [-0.15, -0.1) is 0 Å². The molecule has 0 amide bonds. The molecular formula is C27H29FO4. The van der Waals surface area contributed by atoms with Crippen LogP contribution in [0, 0.1) is 19.7 Å². The van der Waals surface area contributed by atoms with E-state index in [1.807, 2.05) is 38.1 Å². The maximum atomic E-state index is 13.6. The van der Waals surface area contributed by atoms with Crippen LogP contribution in [-0.2, 0) is 22.4 Å². The van der Waals surface area contributed by atoms with E-state index >= 15 is 0 Å². The van der Waals surface area contributed by atoms with Gasteiger partial charge in [0.15, 0.2) is 6.61 Å². The number of phenols is 1. The first-order valence-corrected chi connectivity index (χ1v) is 10.7. The van der Waals surface area contributed by atoms with Crippen LogP contribution in [-0.4, -0.2) is 23.8 Å². The molecule has 3 aromatic rings. The summed E-state index contributed by atoms with van der Waals surface area (Å²) in [7, 11) is 0. The number of ether oxygens (including phenoxy) is 2. The van der Waals surface area contributed by atoms with Crippen LogP contribution >= 0.6 is 0 Å². The fourth-order valence-electron chi connectivity index (χ4n) is 3.77. The van der Waals surface area contributed by atoms with E-state index in [1.54, 1.807) is 32.0 Å². The van der Waals surface area contributed by atoms with Crippen LogP contribution < -0.4 is 4.74 Å². The van der Waals surface area contributed by atoms with E-state index in [1.165, 1.54) is 12.1 Å². The molecule has 3 aromatic carbocycles. The zero-order valence-electron chi connectivity index (χ0n) is 18.9. The number of rotatable bonds is 8. The molecule has 5 heteroatoms. The number of hydrogen-bond acceptors (Lipinski definition) is 4. The minimum atomic E-state index is -0.397. The molecule has 0 saturated carbocycles. The second kappa shape index (κ2) is 10.3. The fraction of sp³-hybridized carbons (Fsp3) is 0.296. The van der Waals surface area contributed by atoms with Crippen LogP contribution in [0.3, 0.4) is 0 Å². The molecule has 0 fully saturated rings. The van der Waals surface area contributed by atoms with Gasteiger partial charge in [-0.1, -0.05) is 24.3 Å². The highest BCUT2D eigenvalue weighted by Crippen LogP contribution is 2.29. The van der Waals surface area contributed by atoms with E-state index in [4.69, 9.17) is 9.47 Å². The summed E-state index contributed by atoms with van der Waals surface area (Å²) in [5, 5.41) is 10.2. The summed E-state index contributed by atoms with van der Waals surface area (Å²) in [5.41, 5.74) is 5.69. The quantitative estimate of drug-likeness (QED) is 0.445. The third-order valence-electron chi connectivity index (χ3n) is 5.29. The van der Waals surface area contributed by atoms with Crippen molar-refractivity contribution in [1.82, 2.24) is 0 Å². The first kappa shape index (κ1) is 23.3. The van der Waals surface area contributed by atoms with Crippen molar-refractivity contribution >= 4 is 5.97 Å². The monoisotopic (exact) mass is 436 g/mol. The van der Waals surface area contributed by atoms with Crippen molar-refractivity contribution in [1.29, 1.82) is 0 Å². The first-order chi connectivity index (χ1) is 15.2. The minimum absolute atomic E-state index is 0.134. The topological polar surface area (TPSA) is 55.8 Å². The zero-order valence-corrected chi connectivity index (χ0v) is 18.9. The van der Waals surface area contributed by atoms with E-state index in [0.717, 1.165) is 39.8 Å². The SMILES string of the molecule is Cc1ccc(OCC(=O)OC(C)C)c(C)c1CCc1cc(O)cc(-c2cccc(F)c2)c1. The Hall–Kier alpha value is -3.34. The van der Waals surface area contributed by atoms with E-state index in [0.29, 0.717) is 12.2 Å². The fourth-order valence-corrected chi connectivity index (χ4v) is 3.77. The van der Waals surface area contributed by atoms with Gasteiger partial charge in [-0.3, -0.25) is 0 Å². The van der Waals surface area contributed by atoms with Crippen LogP contribution in [0.25, 0.3) is 11.1 Å². The normalized spacial score (nSPS) is 10.9. The van der Waals surface area contributed by atoms with E-state index < -0.39 is 5.97 Å². The Morgan fingerprint density at radius 2 is 1.78 bits per heavy atom. The Morgan fingerprint density at radius 3 is 2.50 bits per heavy atom. The highest BCUT2D eigenvalue weighted by atomic mass is 19.1. The van der Waals surface area contributed by atoms with Crippen LogP contribution in [0.2, 0.25) is 0 Å². The van der Waals surface area contributed by atoms with Crippen LogP contribution in [0.5, 0.6) is 11.5 Å². The largest absolute Gasteiger partial charge is 0.508 e. The van der Waals surface area contributed by atoms with Crippen LogP contribution in [0.15, 0.2) is 54.6 Å². The molecule has 0 unspecified atom stereocenters. The number of carbonyl (C=O) groups is 1. The Labute approximate surface area is 188 Å². The number of phenolic OH excluding ortho intramolecular Hbond substituents is 1. The van der Waals surface area contributed by atoms with Gasteiger partial charge < -0.3 is 14.6 Å². The third-order valence-corrected chi connectivity index (χ3v) is 5.29. The lowest BCUT2D eigenvalue weighted by molar-refractivity contribution is -0.149. The summed E-state index contributed by atoms with van der Waals surface area (Å²) in [4.78, 5) is 11.8. The number of benzene rings is 3. The molecule has 168 valence electrons. The maximum absolute atomic E-state index is 13.6. The lowest BCUT2D eigenvalue weighted by atomic mass is 9.94. The minimum Gasteiger partial charge on any atom is -0.508 e. The Kier molecular flexibility index (Phi) is 7.52. The average Bonchev–Trinajstić information content (AvgIpc) is 2.72. The Bertz CT molecular complexity index is 1100. The third kappa shape index (κ3) is 6.10. The van der Waals surface area contributed by atoms with E-state index in [9.17, 15) is 14.3 Å². The number of aromatic hydroxyl groups is 1. The van der Waals surface area contributed by atoms with Crippen LogP contribution in [0.1, 0.15) is 36.1 Å². The molecule has 0 aliphatic carbocycles. The second-order valence-corrected chi connectivity index (χ2v) is 8.21. The summed E-state index contributed by atoms with van der Waals surface area (Å²) in [5.74, 6) is 0.0949. The molecule has 32 heavy (non-hydrogen) atoms. The second-order valence-electron chi connectivity index (χ2n) is 8.21. The Balaban J connectivity index is 1.76. The average molecular weight is 437 g/mol. The Morgan fingerprint density at radius 1 is 1.00 bits per heavy atom. The van der Waals surface area contributed by atoms with Crippen molar-refractivity contribution in [2.45, 2.75) is 46.6 Å². The molecule has 0 spiro atoms. The molecular weight excluding hydrogens is 407 g/mol. The molecule has 0 aromatic heterocycles. The summed E-state index contributed by atoms with van der Waals surface area (Å²) >= 11 is 0. The van der Waals surface area contributed by atoms with E-state index in [2.05, 4.69) is 0 Å². The molecule has 0 saturated heterocycles. The molecule has 3 rings (SSSR count). The molecule has 4 nitrogen and oxygen atoms in total. The van der Waals surface area contributed by atoms with Gasteiger partial charge in [0.1, 0.15) is 17.3 Å². The number of halogens is 1. The predicted octanol–water partition coefficient (Wildman–Crippen LogP) is 5.93. The number of esters is 1. The van der Waals surface area contributed by atoms with Crippen LogP contribution in [0.4, 0.5) is 4.39 Å². The van der Waals surface area contributed by atoms with Gasteiger partial charge in [0.05, 0.1) is 6.10 Å². The van der Waals surface area contributed by atoms with Gasteiger partial charge in [0.2, 0.25) is 0 Å². The van der Waals surface area contributed by atoms with E-state index in [-0.39, 0.29) is 24.3 Å². The first-order valence-electron chi connectivity index (χ1n) is 10.7. The zero-order chi connectivity index (χ0) is 23.3. The summed E-state index contributed by atoms with van der Waals surface area (Å²) in [6.07, 6.45) is 1.24. The van der Waals surface area contributed by atoms with Gasteiger partial charge in [0.25, 0.3) is 0 Å². The maximum Gasteiger partial charge on any atom is 0.344 e. The van der Waals surface area contributed by atoms with Crippen molar-refractivity contribution < 1.29 is 23.8 Å². The van der Waals surface area contributed by atoms with Gasteiger partial charge >= 0.3 is 5.97 Å². The number of hydrogen-bond donors (Lipinski definition) is 1. The lowest BCUT2D eigenvalue weighted by Crippen LogP contribution is -2.19. The number of carbonyl (C=O) groups excluding carboxylic acids is 1. The highest BCUT2D eigenvalue weighted by Gasteiger charge is 2.13. The molecule has 0 radical (unpaired) electrons. The molecule has 0 aliphatic heterocycles.